The average Bonchev–Trinajstić information content (AvgIpc) is 2.66. The summed E-state index contributed by atoms with van der Waals surface area (Å²) in [6, 6.07) is 19.4. The van der Waals surface area contributed by atoms with Crippen LogP contribution in [0, 0.1) is 0 Å². The van der Waals surface area contributed by atoms with Gasteiger partial charge in [-0.05, 0) is 30.5 Å². The van der Waals surface area contributed by atoms with Gasteiger partial charge in [-0.25, -0.2) is 0 Å². The standard InChI is InChI=1S/C21H21N3O2/c25-19(22-13-5-9-16-7-2-1-3-8-16)15-20(26)24-18-12-4-10-17-11-6-14-23-21(17)18/h1-4,6-8,10-12,14H,5,9,13,15H2,(H,22,25)(H,24,26). The molecular weight excluding hydrogens is 326 g/mol. The molecule has 0 unspecified atom stereocenters. The van der Waals surface area contributed by atoms with Crippen molar-refractivity contribution in [1.29, 1.82) is 0 Å². The third-order valence-electron chi connectivity index (χ3n) is 4.04. The third-order valence-corrected chi connectivity index (χ3v) is 4.04. The maximum atomic E-state index is 12.1. The van der Waals surface area contributed by atoms with Crippen LogP contribution in [0.25, 0.3) is 10.9 Å². The first-order chi connectivity index (χ1) is 12.7. The highest BCUT2D eigenvalue weighted by molar-refractivity contribution is 6.06. The summed E-state index contributed by atoms with van der Waals surface area (Å²) in [5.41, 5.74) is 2.57. The van der Waals surface area contributed by atoms with E-state index < -0.39 is 0 Å². The number of nitrogens with zero attached hydrogens (tertiary/aromatic N) is 1. The molecule has 0 radical (unpaired) electrons. The number of rotatable bonds is 7. The van der Waals surface area contributed by atoms with Crippen LogP contribution in [0.4, 0.5) is 5.69 Å². The van der Waals surface area contributed by atoms with Gasteiger partial charge < -0.3 is 10.6 Å². The zero-order chi connectivity index (χ0) is 18.2. The van der Waals surface area contributed by atoms with Gasteiger partial charge in [0.25, 0.3) is 0 Å². The summed E-state index contributed by atoms with van der Waals surface area (Å²) in [5.74, 6) is -0.618. The number of para-hydroxylation sites is 1. The summed E-state index contributed by atoms with van der Waals surface area (Å²) >= 11 is 0. The summed E-state index contributed by atoms with van der Waals surface area (Å²) in [6.07, 6.45) is 3.21. The number of pyridine rings is 1. The van der Waals surface area contributed by atoms with Crippen LogP contribution in [0.15, 0.2) is 66.9 Å². The first kappa shape index (κ1) is 17.6. The molecule has 0 bridgehead atoms. The van der Waals surface area contributed by atoms with Crippen molar-refractivity contribution in [3.05, 3.63) is 72.4 Å². The molecule has 26 heavy (non-hydrogen) atoms. The quantitative estimate of drug-likeness (QED) is 0.509. The number of carbonyl (C=O) groups excluding carboxylic acids is 2. The molecule has 132 valence electrons. The molecule has 0 aliphatic rings. The minimum absolute atomic E-state index is 0.200. The van der Waals surface area contributed by atoms with Crippen molar-refractivity contribution in [3.63, 3.8) is 0 Å². The van der Waals surface area contributed by atoms with E-state index in [1.54, 1.807) is 12.3 Å². The number of benzene rings is 2. The zero-order valence-electron chi connectivity index (χ0n) is 14.4. The molecule has 5 nitrogen and oxygen atoms in total. The lowest BCUT2D eigenvalue weighted by atomic mass is 10.1. The summed E-state index contributed by atoms with van der Waals surface area (Å²) < 4.78 is 0. The van der Waals surface area contributed by atoms with Crippen LogP contribution in [-0.2, 0) is 16.0 Å². The van der Waals surface area contributed by atoms with Gasteiger partial charge in [-0.15, -0.1) is 0 Å². The van der Waals surface area contributed by atoms with Crippen molar-refractivity contribution in [2.45, 2.75) is 19.3 Å². The molecule has 0 saturated heterocycles. The highest BCUT2D eigenvalue weighted by atomic mass is 16.2. The third kappa shape index (κ3) is 4.89. The number of hydrogen-bond acceptors (Lipinski definition) is 3. The maximum absolute atomic E-state index is 12.1. The SMILES string of the molecule is O=C(CC(=O)Nc1cccc2cccnc12)NCCCc1ccccc1. The predicted octanol–water partition coefficient (Wildman–Crippen LogP) is 3.31. The van der Waals surface area contributed by atoms with E-state index in [1.165, 1.54) is 5.56 Å². The topological polar surface area (TPSA) is 71.1 Å². The molecule has 2 N–H and O–H groups in total. The average molecular weight is 347 g/mol. The van der Waals surface area contributed by atoms with E-state index in [2.05, 4.69) is 27.8 Å². The molecule has 0 aliphatic heterocycles. The first-order valence-electron chi connectivity index (χ1n) is 8.66. The van der Waals surface area contributed by atoms with E-state index in [9.17, 15) is 9.59 Å². The van der Waals surface area contributed by atoms with Crippen LogP contribution in [0.5, 0.6) is 0 Å². The summed E-state index contributed by atoms with van der Waals surface area (Å²) in [4.78, 5) is 28.3. The van der Waals surface area contributed by atoms with Gasteiger partial charge in [0.05, 0.1) is 11.2 Å². The van der Waals surface area contributed by atoms with Crippen molar-refractivity contribution < 1.29 is 9.59 Å². The monoisotopic (exact) mass is 347 g/mol. The Hall–Kier alpha value is -3.21. The van der Waals surface area contributed by atoms with E-state index in [0.717, 1.165) is 18.2 Å². The lowest BCUT2D eigenvalue weighted by Crippen LogP contribution is -2.29. The largest absolute Gasteiger partial charge is 0.356 e. The normalized spacial score (nSPS) is 10.5. The van der Waals surface area contributed by atoms with Gasteiger partial charge in [0, 0.05) is 18.1 Å². The Morgan fingerprint density at radius 1 is 0.885 bits per heavy atom. The van der Waals surface area contributed by atoms with Gasteiger partial charge >= 0.3 is 0 Å². The molecular formula is C21H21N3O2. The molecule has 0 aliphatic carbocycles. The fraction of sp³-hybridized carbons (Fsp3) is 0.190. The molecule has 3 aromatic rings. The van der Waals surface area contributed by atoms with Crippen molar-refractivity contribution in [1.82, 2.24) is 10.3 Å². The number of aromatic nitrogens is 1. The summed E-state index contributed by atoms with van der Waals surface area (Å²) in [6.45, 7) is 0.552. The Bertz CT molecular complexity index is 889. The predicted molar refractivity (Wildman–Crippen MR) is 103 cm³/mol. The molecule has 0 saturated carbocycles. The number of nitrogens with one attached hydrogen (secondary N) is 2. The Morgan fingerprint density at radius 2 is 1.69 bits per heavy atom. The van der Waals surface area contributed by atoms with Crippen molar-refractivity contribution >= 4 is 28.4 Å². The molecule has 0 spiro atoms. The summed E-state index contributed by atoms with van der Waals surface area (Å²) in [7, 11) is 0. The van der Waals surface area contributed by atoms with E-state index in [1.807, 2.05) is 42.5 Å². The molecule has 1 aromatic heterocycles. The first-order valence-corrected chi connectivity index (χ1v) is 8.66. The highest BCUT2D eigenvalue weighted by Gasteiger charge is 2.11. The molecule has 2 amide bonds. The number of carbonyl (C=O) groups is 2. The molecule has 1 heterocycles. The van der Waals surface area contributed by atoms with Gasteiger partial charge in [-0.1, -0.05) is 48.5 Å². The minimum Gasteiger partial charge on any atom is -0.356 e. The lowest BCUT2D eigenvalue weighted by molar-refractivity contribution is -0.126. The maximum Gasteiger partial charge on any atom is 0.233 e. The second kappa shape index (κ2) is 8.76. The number of aryl methyl sites for hydroxylation is 1. The Kier molecular flexibility index (Phi) is 5.93. The van der Waals surface area contributed by atoms with Crippen LogP contribution < -0.4 is 10.6 Å². The van der Waals surface area contributed by atoms with E-state index in [0.29, 0.717) is 17.7 Å². The molecule has 2 aromatic carbocycles. The zero-order valence-corrected chi connectivity index (χ0v) is 14.4. The van der Waals surface area contributed by atoms with Crippen LogP contribution in [0.2, 0.25) is 0 Å². The van der Waals surface area contributed by atoms with Crippen LogP contribution >= 0.6 is 0 Å². The van der Waals surface area contributed by atoms with E-state index in [-0.39, 0.29) is 18.2 Å². The van der Waals surface area contributed by atoms with Gasteiger partial charge in [-0.3, -0.25) is 14.6 Å². The fourth-order valence-corrected chi connectivity index (χ4v) is 2.77. The van der Waals surface area contributed by atoms with Crippen LogP contribution in [0.1, 0.15) is 18.4 Å². The smallest absolute Gasteiger partial charge is 0.233 e. The second-order valence-electron chi connectivity index (χ2n) is 6.04. The molecule has 0 atom stereocenters. The summed E-state index contributed by atoms with van der Waals surface area (Å²) in [5, 5.41) is 6.50. The van der Waals surface area contributed by atoms with Crippen LogP contribution in [-0.4, -0.2) is 23.3 Å². The van der Waals surface area contributed by atoms with Gasteiger partial charge in [0.2, 0.25) is 11.8 Å². The molecule has 0 fully saturated rings. The van der Waals surface area contributed by atoms with Gasteiger partial charge in [0.1, 0.15) is 6.42 Å². The Labute approximate surface area is 152 Å². The minimum atomic E-state index is -0.344. The van der Waals surface area contributed by atoms with Crippen LogP contribution in [0.3, 0.4) is 0 Å². The van der Waals surface area contributed by atoms with Gasteiger partial charge in [0.15, 0.2) is 0 Å². The van der Waals surface area contributed by atoms with Gasteiger partial charge in [-0.2, -0.15) is 0 Å². The van der Waals surface area contributed by atoms with E-state index in [4.69, 9.17) is 0 Å². The Balaban J connectivity index is 1.45. The Morgan fingerprint density at radius 3 is 2.54 bits per heavy atom. The highest BCUT2D eigenvalue weighted by Crippen LogP contribution is 2.20. The van der Waals surface area contributed by atoms with Crippen molar-refractivity contribution in [2.24, 2.45) is 0 Å². The number of amides is 2. The molecule has 3 rings (SSSR count). The fourth-order valence-electron chi connectivity index (χ4n) is 2.77. The number of anilines is 1. The molecule has 5 heteroatoms. The number of hydrogen-bond donors (Lipinski definition) is 2. The van der Waals surface area contributed by atoms with Crippen molar-refractivity contribution in [2.75, 3.05) is 11.9 Å². The number of fused-ring (bicyclic) bond motifs is 1. The van der Waals surface area contributed by atoms with E-state index >= 15 is 0 Å². The van der Waals surface area contributed by atoms with Crippen molar-refractivity contribution in [3.8, 4) is 0 Å². The lowest BCUT2D eigenvalue weighted by Gasteiger charge is -2.08. The second-order valence-corrected chi connectivity index (χ2v) is 6.04.